The van der Waals surface area contributed by atoms with Gasteiger partial charge in [-0.25, -0.2) is 4.68 Å². The average molecular weight is 509 g/mol. The molecule has 0 saturated heterocycles. The van der Waals surface area contributed by atoms with Crippen LogP contribution in [0.3, 0.4) is 0 Å². The Morgan fingerprint density at radius 1 is 1.03 bits per heavy atom. The van der Waals surface area contributed by atoms with Crippen LogP contribution in [0.2, 0.25) is 0 Å². The van der Waals surface area contributed by atoms with E-state index < -0.39 is 6.04 Å². The highest BCUT2D eigenvalue weighted by Gasteiger charge is 2.33. The Kier molecular flexibility index (Phi) is 6.88. The predicted octanol–water partition coefficient (Wildman–Crippen LogP) is 5.71. The zero-order chi connectivity index (χ0) is 25.9. The van der Waals surface area contributed by atoms with Gasteiger partial charge in [0, 0.05) is 17.6 Å². The summed E-state index contributed by atoms with van der Waals surface area (Å²) in [5.74, 6) is 1.51. The topological polar surface area (TPSA) is 92.8 Å². The van der Waals surface area contributed by atoms with Crippen LogP contribution in [0.4, 0.5) is 0 Å². The number of aryl methyl sites for hydroxylation is 1. The summed E-state index contributed by atoms with van der Waals surface area (Å²) in [4.78, 5) is 19.1. The lowest BCUT2D eigenvalue weighted by Gasteiger charge is -2.32. The van der Waals surface area contributed by atoms with E-state index in [9.17, 15) is 4.79 Å². The van der Waals surface area contributed by atoms with Gasteiger partial charge in [-0.2, -0.15) is 0 Å². The van der Waals surface area contributed by atoms with E-state index in [0.29, 0.717) is 24.5 Å². The normalized spacial score (nSPS) is 15.3. The Morgan fingerprint density at radius 2 is 1.87 bits per heavy atom. The van der Waals surface area contributed by atoms with E-state index in [0.717, 1.165) is 53.5 Å². The molecule has 8 heteroatoms. The van der Waals surface area contributed by atoms with Gasteiger partial charge in [0.1, 0.15) is 11.8 Å². The average Bonchev–Trinajstić information content (AvgIpc) is 3.63. The number of pyridine rings is 1. The molecule has 6 rings (SSSR count). The van der Waals surface area contributed by atoms with Crippen molar-refractivity contribution in [3.05, 3.63) is 112 Å². The third kappa shape index (κ3) is 5.04. The molecule has 3 heterocycles. The molecule has 3 aromatic heterocycles. The highest BCUT2D eigenvalue weighted by atomic mass is 16.3. The Morgan fingerprint density at radius 3 is 2.66 bits per heavy atom. The number of nitrogens with zero attached hydrogens (tertiary/aromatic N) is 5. The summed E-state index contributed by atoms with van der Waals surface area (Å²) >= 11 is 0. The van der Waals surface area contributed by atoms with Gasteiger partial charge in [0.05, 0.1) is 18.8 Å². The minimum absolute atomic E-state index is 0.135. The molecule has 1 aliphatic rings. The summed E-state index contributed by atoms with van der Waals surface area (Å²) in [6.45, 7) is 3.11. The van der Waals surface area contributed by atoms with E-state index in [1.165, 1.54) is 6.42 Å². The molecule has 0 amide bonds. The Hall–Kier alpha value is -4.04. The molecule has 0 radical (unpaired) electrons. The van der Waals surface area contributed by atoms with Gasteiger partial charge in [-0.1, -0.05) is 61.7 Å². The molecule has 38 heavy (non-hydrogen) atoms. The Labute approximate surface area is 221 Å². The second kappa shape index (κ2) is 10.8. The molecule has 1 fully saturated rings. The zero-order valence-electron chi connectivity index (χ0n) is 21.6. The second-order valence-corrected chi connectivity index (χ2v) is 10.3. The number of aromatic nitrogens is 5. The van der Waals surface area contributed by atoms with Crippen LogP contribution in [0.25, 0.3) is 10.9 Å². The first-order valence-electron chi connectivity index (χ1n) is 13.4. The molecular formula is C30H32N6O2. The van der Waals surface area contributed by atoms with Crippen molar-refractivity contribution in [1.29, 1.82) is 0 Å². The third-order valence-corrected chi connectivity index (χ3v) is 7.54. The quantitative estimate of drug-likeness (QED) is 0.288. The summed E-state index contributed by atoms with van der Waals surface area (Å²) in [5, 5.41) is 14.2. The number of furan rings is 1. The number of fused-ring (bicyclic) bond motifs is 1. The van der Waals surface area contributed by atoms with Gasteiger partial charge in [-0.15, -0.1) is 5.10 Å². The molecule has 2 aromatic carbocycles. The summed E-state index contributed by atoms with van der Waals surface area (Å²) in [6.07, 6.45) is 7.31. The number of benzene rings is 2. The van der Waals surface area contributed by atoms with E-state index in [1.807, 2.05) is 54.1 Å². The van der Waals surface area contributed by atoms with Crippen molar-refractivity contribution in [2.24, 2.45) is 0 Å². The number of rotatable bonds is 8. The van der Waals surface area contributed by atoms with Crippen LogP contribution in [-0.4, -0.2) is 30.1 Å². The van der Waals surface area contributed by atoms with Crippen molar-refractivity contribution >= 4 is 10.9 Å². The Balaban J connectivity index is 1.52. The highest BCUT2D eigenvalue weighted by molar-refractivity contribution is 5.79. The van der Waals surface area contributed by atoms with Gasteiger partial charge in [0.15, 0.2) is 5.82 Å². The number of hydrogen-bond acceptors (Lipinski definition) is 6. The zero-order valence-corrected chi connectivity index (χ0v) is 21.6. The lowest BCUT2D eigenvalue weighted by atomic mass is 9.95. The summed E-state index contributed by atoms with van der Waals surface area (Å²) in [5.41, 5.74) is 3.54. The molecule has 1 N–H and O–H groups in total. The van der Waals surface area contributed by atoms with Gasteiger partial charge >= 0.3 is 0 Å². The number of H-pyrrole nitrogens is 1. The van der Waals surface area contributed by atoms with Crippen LogP contribution >= 0.6 is 0 Å². The van der Waals surface area contributed by atoms with E-state index in [-0.39, 0.29) is 11.6 Å². The van der Waals surface area contributed by atoms with Crippen molar-refractivity contribution in [1.82, 2.24) is 30.1 Å². The van der Waals surface area contributed by atoms with Crippen LogP contribution in [0.5, 0.6) is 0 Å². The minimum Gasteiger partial charge on any atom is -0.468 e. The molecule has 1 saturated carbocycles. The molecule has 0 aliphatic heterocycles. The Bertz CT molecular complexity index is 1550. The van der Waals surface area contributed by atoms with Gasteiger partial charge in [0.2, 0.25) is 0 Å². The largest absolute Gasteiger partial charge is 0.468 e. The molecule has 0 bridgehead atoms. The lowest BCUT2D eigenvalue weighted by Crippen LogP contribution is -2.35. The van der Waals surface area contributed by atoms with E-state index in [4.69, 9.17) is 4.42 Å². The maximum atomic E-state index is 13.7. The highest BCUT2D eigenvalue weighted by Crippen LogP contribution is 2.34. The van der Waals surface area contributed by atoms with Crippen LogP contribution < -0.4 is 5.56 Å². The van der Waals surface area contributed by atoms with Crippen molar-refractivity contribution < 1.29 is 4.42 Å². The number of nitrogens with one attached hydrogen (secondary N) is 1. The van der Waals surface area contributed by atoms with Crippen LogP contribution in [-0.2, 0) is 13.1 Å². The smallest absolute Gasteiger partial charge is 0.253 e. The predicted molar refractivity (Wildman–Crippen MR) is 145 cm³/mol. The fourth-order valence-corrected chi connectivity index (χ4v) is 5.66. The molecule has 0 spiro atoms. The molecule has 5 aromatic rings. The molecule has 8 nitrogen and oxygen atoms in total. The van der Waals surface area contributed by atoms with E-state index in [1.54, 1.807) is 6.26 Å². The van der Waals surface area contributed by atoms with Gasteiger partial charge < -0.3 is 9.40 Å². The summed E-state index contributed by atoms with van der Waals surface area (Å²) in [6, 6.07) is 22.0. The molecular weight excluding hydrogens is 476 g/mol. The molecule has 1 unspecified atom stereocenters. The van der Waals surface area contributed by atoms with Crippen LogP contribution in [0, 0.1) is 6.92 Å². The number of aromatic amines is 1. The fraction of sp³-hybridized carbons (Fsp3) is 0.333. The molecule has 1 atom stereocenters. The SMILES string of the molecule is Cc1ccc2cc(C(c3nnnn3C3CCCCC3)N(Cc3ccccc3)Cc3ccco3)c(=O)[nH]c2c1. The fourth-order valence-electron chi connectivity index (χ4n) is 5.66. The number of tetrazole rings is 1. The first-order valence-corrected chi connectivity index (χ1v) is 13.4. The van der Waals surface area contributed by atoms with Gasteiger partial charge in [-0.05, 0) is 71.0 Å². The van der Waals surface area contributed by atoms with Crippen molar-refractivity contribution in [2.75, 3.05) is 0 Å². The summed E-state index contributed by atoms with van der Waals surface area (Å²) < 4.78 is 7.75. The van der Waals surface area contributed by atoms with Gasteiger partial charge in [0.25, 0.3) is 5.56 Å². The van der Waals surface area contributed by atoms with Crippen LogP contribution in [0.1, 0.15) is 72.5 Å². The monoisotopic (exact) mass is 508 g/mol. The van der Waals surface area contributed by atoms with Crippen molar-refractivity contribution in [2.45, 2.75) is 64.2 Å². The maximum absolute atomic E-state index is 13.7. The maximum Gasteiger partial charge on any atom is 0.253 e. The standard InChI is InChI=1S/C30H32N6O2/c1-21-14-15-23-18-26(30(37)31-27(23)17-21)28(29-32-33-34-36(29)24-11-6-3-7-12-24)35(20-25-13-8-16-38-25)19-22-9-4-2-5-10-22/h2,4-5,8-10,13-18,24,28H,3,6-7,11-12,19-20H2,1H3,(H,31,37). The first-order chi connectivity index (χ1) is 18.7. The summed E-state index contributed by atoms with van der Waals surface area (Å²) in [7, 11) is 0. The van der Waals surface area contributed by atoms with E-state index in [2.05, 4.69) is 49.7 Å². The minimum atomic E-state index is -0.480. The second-order valence-electron chi connectivity index (χ2n) is 10.3. The lowest BCUT2D eigenvalue weighted by molar-refractivity contribution is 0.173. The van der Waals surface area contributed by atoms with Crippen LogP contribution in [0.15, 0.2) is 82.2 Å². The molecule has 1 aliphatic carbocycles. The first kappa shape index (κ1) is 24.3. The number of hydrogen-bond donors (Lipinski definition) is 1. The molecule has 194 valence electrons. The van der Waals surface area contributed by atoms with Gasteiger partial charge in [-0.3, -0.25) is 9.69 Å². The van der Waals surface area contributed by atoms with E-state index >= 15 is 0 Å². The van der Waals surface area contributed by atoms with Crippen molar-refractivity contribution in [3.8, 4) is 0 Å². The van der Waals surface area contributed by atoms with Crippen molar-refractivity contribution in [3.63, 3.8) is 0 Å². The third-order valence-electron chi connectivity index (χ3n) is 7.54.